The van der Waals surface area contributed by atoms with Crippen molar-refractivity contribution in [3.05, 3.63) is 35.4 Å². The van der Waals surface area contributed by atoms with E-state index in [1.54, 1.807) is 6.07 Å². The van der Waals surface area contributed by atoms with E-state index >= 15 is 0 Å². The topological polar surface area (TPSA) is 74.5 Å². The van der Waals surface area contributed by atoms with Crippen molar-refractivity contribution in [2.75, 3.05) is 0 Å². The minimum atomic E-state index is 0.252. The second-order valence-electron chi connectivity index (χ2n) is 4.04. The van der Waals surface area contributed by atoms with Gasteiger partial charge >= 0.3 is 0 Å². The molecule has 4 nitrogen and oxygen atoms in total. The first kappa shape index (κ1) is 11.3. The number of hydrogen-bond donors (Lipinski definition) is 1. The first-order chi connectivity index (χ1) is 8.26. The lowest BCUT2D eigenvalue weighted by molar-refractivity contribution is 0.677. The standard InChI is InChI=1S/C13H14N4/c1-2-9-7-12(15)16-17-13(9)11-6-4-3-5-10(11)8-14/h3-6,9H,2,7H2,1H3,(H2,15,16). The summed E-state index contributed by atoms with van der Waals surface area (Å²) in [4.78, 5) is 0. The molecule has 0 bridgehead atoms. The molecule has 1 aliphatic heterocycles. The number of nitriles is 1. The Balaban J connectivity index is 2.48. The van der Waals surface area contributed by atoms with Gasteiger partial charge in [0.1, 0.15) is 5.84 Å². The van der Waals surface area contributed by atoms with Gasteiger partial charge in [-0.1, -0.05) is 25.1 Å². The van der Waals surface area contributed by atoms with E-state index < -0.39 is 0 Å². The highest BCUT2D eigenvalue weighted by atomic mass is 15.2. The van der Waals surface area contributed by atoms with E-state index in [1.807, 2.05) is 18.2 Å². The summed E-state index contributed by atoms with van der Waals surface area (Å²) in [6, 6.07) is 9.66. The number of benzene rings is 1. The zero-order valence-corrected chi connectivity index (χ0v) is 9.72. The van der Waals surface area contributed by atoms with E-state index in [-0.39, 0.29) is 5.92 Å². The molecule has 1 heterocycles. The van der Waals surface area contributed by atoms with Crippen LogP contribution >= 0.6 is 0 Å². The normalized spacial score (nSPS) is 19.2. The fourth-order valence-corrected chi connectivity index (χ4v) is 2.01. The van der Waals surface area contributed by atoms with Gasteiger partial charge in [-0.05, 0) is 12.5 Å². The molecule has 4 heteroatoms. The molecule has 0 amide bonds. The Labute approximate surface area is 100 Å². The smallest absolute Gasteiger partial charge is 0.123 e. The average molecular weight is 226 g/mol. The largest absolute Gasteiger partial charge is 0.386 e. The molecule has 1 unspecified atom stereocenters. The maximum Gasteiger partial charge on any atom is 0.123 e. The van der Waals surface area contributed by atoms with Crippen LogP contribution in [0.3, 0.4) is 0 Å². The lowest BCUT2D eigenvalue weighted by Gasteiger charge is -2.20. The fourth-order valence-electron chi connectivity index (χ4n) is 2.01. The van der Waals surface area contributed by atoms with Crippen LogP contribution in [-0.2, 0) is 0 Å². The van der Waals surface area contributed by atoms with Crippen molar-refractivity contribution in [1.29, 1.82) is 5.26 Å². The summed E-state index contributed by atoms with van der Waals surface area (Å²) in [5.41, 5.74) is 8.08. The van der Waals surface area contributed by atoms with Gasteiger partial charge in [0.25, 0.3) is 0 Å². The summed E-state index contributed by atoms with van der Waals surface area (Å²) in [5, 5.41) is 17.2. The summed E-state index contributed by atoms with van der Waals surface area (Å²) in [6.45, 7) is 2.09. The van der Waals surface area contributed by atoms with Crippen LogP contribution < -0.4 is 5.73 Å². The van der Waals surface area contributed by atoms with Gasteiger partial charge in [0.2, 0.25) is 0 Å². The van der Waals surface area contributed by atoms with E-state index in [0.29, 0.717) is 11.4 Å². The highest BCUT2D eigenvalue weighted by Crippen LogP contribution is 2.22. The fraction of sp³-hybridized carbons (Fsp3) is 0.308. The molecule has 1 atom stereocenters. The zero-order chi connectivity index (χ0) is 12.3. The van der Waals surface area contributed by atoms with Crippen molar-refractivity contribution in [3.63, 3.8) is 0 Å². The maximum atomic E-state index is 9.09. The molecule has 0 aromatic heterocycles. The van der Waals surface area contributed by atoms with Gasteiger partial charge in [-0.2, -0.15) is 10.4 Å². The highest BCUT2D eigenvalue weighted by Gasteiger charge is 2.22. The van der Waals surface area contributed by atoms with Crippen LogP contribution in [0.1, 0.15) is 30.9 Å². The third kappa shape index (κ3) is 2.18. The molecule has 1 aromatic carbocycles. The molecular weight excluding hydrogens is 212 g/mol. The second kappa shape index (κ2) is 4.79. The Bertz CT molecular complexity index is 522. The van der Waals surface area contributed by atoms with Gasteiger partial charge in [-0.15, -0.1) is 5.10 Å². The van der Waals surface area contributed by atoms with Gasteiger partial charge in [0.05, 0.1) is 17.3 Å². The van der Waals surface area contributed by atoms with Crippen LogP contribution in [0.25, 0.3) is 0 Å². The van der Waals surface area contributed by atoms with Crippen LogP contribution in [0.15, 0.2) is 34.5 Å². The van der Waals surface area contributed by atoms with Crippen LogP contribution in [0.4, 0.5) is 0 Å². The van der Waals surface area contributed by atoms with Crippen LogP contribution in [0.5, 0.6) is 0 Å². The van der Waals surface area contributed by atoms with Crippen molar-refractivity contribution in [3.8, 4) is 6.07 Å². The molecule has 0 fully saturated rings. The molecule has 0 saturated carbocycles. The Morgan fingerprint density at radius 2 is 2.18 bits per heavy atom. The van der Waals surface area contributed by atoms with Crippen molar-refractivity contribution >= 4 is 11.5 Å². The predicted molar refractivity (Wildman–Crippen MR) is 67.7 cm³/mol. The SMILES string of the molecule is CCC1CC(N)=NN=C1c1ccccc1C#N. The van der Waals surface area contributed by atoms with Gasteiger partial charge in [-0.25, -0.2) is 0 Å². The van der Waals surface area contributed by atoms with Gasteiger partial charge in [-0.3, -0.25) is 0 Å². The molecular formula is C13H14N4. The number of hydrogen-bond acceptors (Lipinski definition) is 4. The minimum Gasteiger partial charge on any atom is -0.386 e. The molecule has 0 spiro atoms. The van der Waals surface area contributed by atoms with Crippen molar-refractivity contribution in [2.24, 2.45) is 21.9 Å². The zero-order valence-electron chi connectivity index (χ0n) is 9.72. The minimum absolute atomic E-state index is 0.252. The molecule has 1 aliphatic rings. The Hall–Kier alpha value is -2.15. The van der Waals surface area contributed by atoms with Gasteiger partial charge in [0, 0.05) is 17.9 Å². The molecule has 2 N–H and O–H groups in total. The summed E-state index contributed by atoms with van der Waals surface area (Å²) < 4.78 is 0. The van der Waals surface area contributed by atoms with Crippen molar-refractivity contribution < 1.29 is 0 Å². The summed E-state index contributed by atoms with van der Waals surface area (Å²) in [6.07, 6.45) is 1.66. The Morgan fingerprint density at radius 3 is 2.88 bits per heavy atom. The van der Waals surface area contributed by atoms with E-state index in [9.17, 15) is 0 Å². The second-order valence-corrected chi connectivity index (χ2v) is 4.04. The molecule has 0 radical (unpaired) electrons. The third-order valence-corrected chi connectivity index (χ3v) is 2.94. The molecule has 1 aromatic rings. The number of nitrogens with two attached hydrogens (primary N) is 1. The van der Waals surface area contributed by atoms with E-state index in [2.05, 4.69) is 23.2 Å². The van der Waals surface area contributed by atoms with Crippen LogP contribution in [-0.4, -0.2) is 11.5 Å². The van der Waals surface area contributed by atoms with Crippen LogP contribution in [0.2, 0.25) is 0 Å². The lowest BCUT2D eigenvalue weighted by atomic mass is 9.88. The van der Waals surface area contributed by atoms with E-state index in [4.69, 9.17) is 11.0 Å². The number of amidine groups is 1. The predicted octanol–water partition coefficient (Wildman–Crippen LogP) is 2.05. The third-order valence-electron chi connectivity index (χ3n) is 2.94. The first-order valence-corrected chi connectivity index (χ1v) is 5.65. The average Bonchev–Trinajstić information content (AvgIpc) is 2.38. The molecule has 17 heavy (non-hydrogen) atoms. The Kier molecular flexibility index (Phi) is 3.20. The number of rotatable bonds is 2. The highest BCUT2D eigenvalue weighted by molar-refractivity contribution is 6.07. The molecule has 2 rings (SSSR count). The van der Waals surface area contributed by atoms with Gasteiger partial charge < -0.3 is 5.73 Å². The van der Waals surface area contributed by atoms with E-state index in [0.717, 1.165) is 24.1 Å². The monoisotopic (exact) mass is 226 g/mol. The quantitative estimate of drug-likeness (QED) is 0.838. The van der Waals surface area contributed by atoms with Crippen molar-refractivity contribution in [1.82, 2.24) is 0 Å². The lowest BCUT2D eigenvalue weighted by Crippen LogP contribution is -2.27. The summed E-state index contributed by atoms with van der Waals surface area (Å²) >= 11 is 0. The van der Waals surface area contributed by atoms with Crippen LogP contribution in [0, 0.1) is 17.2 Å². The van der Waals surface area contributed by atoms with Crippen molar-refractivity contribution in [2.45, 2.75) is 19.8 Å². The first-order valence-electron chi connectivity index (χ1n) is 5.65. The van der Waals surface area contributed by atoms with Gasteiger partial charge in [0.15, 0.2) is 0 Å². The maximum absolute atomic E-state index is 9.09. The summed E-state index contributed by atoms with van der Waals surface area (Å²) in [5.74, 6) is 0.817. The molecule has 86 valence electrons. The summed E-state index contributed by atoms with van der Waals surface area (Å²) in [7, 11) is 0. The molecule has 0 saturated heterocycles. The Morgan fingerprint density at radius 1 is 1.41 bits per heavy atom. The molecule has 0 aliphatic carbocycles. The van der Waals surface area contributed by atoms with E-state index in [1.165, 1.54) is 0 Å². The number of nitrogens with zero attached hydrogens (tertiary/aromatic N) is 3.